The van der Waals surface area contributed by atoms with Crippen LogP contribution in [0.2, 0.25) is 0 Å². The number of halogens is 1. The number of hydrogen-bond donors (Lipinski definition) is 3. The highest BCUT2D eigenvalue weighted by molar-refractivity contribution is 7.92. The van der Waals surface area contributed by atoms with Crippen molar-refractivity contribution in [1.29, 1.82) is 0 Å². The molecule has 0 amide bonds. The lowest BCUT2D eigenvalue weighted by Gasteiger charge is -2.09. The second-order valence-electron chi connectivity index (χ2n) is 3.93. The van der Waals surface area contributed by atoms with Crippen LogP contribution in [-0.4, -0.2) is 29.5 Å². The summed E-state index contributed by atoms with van der Waals surface area (Å²) in [5.74, 6) is -1.75. The largest absolute Gasteiger partial charge is 0.478 e. The number of aromatic nitrogens is 2. The molecule has 0 aliphatic rings. The van der Waals surface area contributed by atoms with Crippen LogP contribution in [0.15, 0.2) is 29.4 Å². The van der Waals surface area contributed by atoms with Gasteiger partial charge in [0.05, 0.1) is 17.4 Å². The Labute approximate surface area is 113 Å². The summed E-state index contributed by atoms with van der Waals surface area (Å²) in [4.78, 5) is 17.2. The molecule has 0 atom stereocenters. The van der Waals surface area contributed by atoms with Gasteiger partial charge in [-0.3, -0.25) is 4.72 Å². The molecule has 0 aliphatic carbocycles. The summed E-state index contributed by atoms with van der Waals surface area (Å²) in [5, 5.41) is 8.71. The molecule has 0 unspecified atom stereocenters. The number of aromatic amines is 1. The van der Waals surface area contributed by atoms with Gasteiger partial charge in [0.15, 0.2) is 5.03 Å². The predicted octanol–water partition coefficient (Wildman–Crippen LogP) is 1.36. The van der Waals surface area contributed by atoms with Gasteiger partial charge in [0.1, 0.15) is 11.6 Å². The molecule has 1 aromatic carbocycles. The highest BCUT2D eigenvalue weighted by Gasteiger charge is 2.20. The highest BCUT2D eigenvalue weighted by atomic mass is 32.2. The van der Waals surface area contributed by atoms with Gasteiger partial charge in [0.25, 0.3) is 10.0 Å². The van der Waals surface area contributed by atoms with Gasteiger partial charge in [0.2, 0.25) is 0 Å². The van der Waals surface area contributed by atoms with E-state index in [2.05, 4.69) is 9.97 Å². The number of aryl methyl sites for hydroxylation is 1. The lowest BCUT2D eigenvalue weighted by atomic mass is 10.2. The minimum Gasteiger partial charge on any atom is -0.478 e. The molecule has 1 aromatic heterocycles. The number of anilines is 1. The monoisotopic (exact) mass is 299 g/mol. The molecule has 0 spiro atoms. The predicted molar refractivity (Wildman–Crippen MR) is 67.5 cm³/mol. The van der Waals surface area contributed by atoms with E-state index in [0.717, 1.165) is 24.4 Å². The third-order valence-electron chi connectivity index (χ3n) is 2.43. The molecule has 1 heterocycles. The van der Waals surface area contributed by atoms with Gasteiger partial charge in [-0.25, -0.2) is 14.2 Å². The molecule has 9 heteroatoms. The van der Waals surface area contributed by atoms with Crippen LogP contribution in [-0.2, 0) is 10.0 Å². The molecule has 0 saturated heterocycles. The first kappa shape index (κ1) is 14.0. The maximum atomic E-state index is 13.1. The van der Waals surface area contributed by atoms with Crippen LogP contribution < -0.4 is 4.72 Å². The molecule has 20 heavy (non-hydrogen) atoms. The van der Waals surface area contributed by atoms with Crippen molar-refractivity contribution in [1.82, 2.24) is 9.97 Å². The molecule has 0 bridgehead atoms. The lowest BCUT2D eigenvalue weighted by molar-refractivity contribution is 0.0698. The van der Waals surface area contributed by atoms with Gasteiger partial charge in [-0.15, -0.1) is 0 Å². The van der Waals surface area contributed by atoms with Gasteiger partial charge in [-0.1, -0.05) is 0 Å². The average Bonchev–Trinajstić information content (AvgIpc) is 2.75. The lowest BCUT2D eigenvalue weighted by Crippen LogP contribution is -2.16. The topological polar surface area (TPSA) is 112 Å². The minimum atomic E-state index is -4.06. The second kappa shape index (κ2) is 4.93. The summed E-state index contributed by atoms with van der Waals surface area (Å²) in [6.07, 6.45) is 1.08. The molecule has 3 N–H and O–H groups in total. The van der Waals surface area contributed by atoms with Gasteiger partial charge < -0.3 is 10.1 Å². The summed E-state index contributed by atoms with van der Waals surface area (Å²) in [7, 11) is -4.06. The zero-order valence-electron chi connectivity index (χ0n) is 10.2. The van der Waals surface area contributed by atoms with E-state index in [1.54, 1.807) is 6.92 Å². The third kappa shape index (κ3) is 2.77. The van der Waals surface area contributed by atoms with Gasteiger partial charge >= 0.3 is 5.97 Å². The average molecular weight is 299 g/mol. The Bertz CT molecular complexity index is 770. The minimum absolute atomic E-state index is 0.240. The van der Waals surface area contributed by atoms with E-state index in [0.29, 0.717) is 5.82 Å². The number of aromatic carboxylic acids is 1. The van der Waals surface area contributed by atoms with E-state index in [4.69, 9.17) is 5.11 Å². The molecule has 0 fully saturated rings. The van der Waals surface area contributed by atoms with Crippen molar-refractivity contribution in [2.75, 3.05) is 4.72 Å². The number of nitrogens with one attached hydrogen (secondary N) is 2. The fraction of sp³-hybridized carbons (Fsp3) is 0.0909. The summed E-state index contributed by atoms with van der Waals surface area (Å²) < 4.78 is 39.2. The first-order chi connectivity index (χ1) is 9.29. The number of H-pyrrole nitrogens is 1. The number of hydrogen-bond acceptors (Lipinski definition) is 4. The third-order valence-corrected chi connectivity index (χ3v) is 3.70. The Hall–Kier alpha value is -2.42. The summed E-state index contributed by atoms with van der Waals surface area (Å²) in [5.41, 5.74) is -0.712. The molecule has 0 saturated carbocycles. The molecule has 2 aromatic rings. The van der Waals surface area contributed by atoms with Crippen LogP contribution >= 0.6 is 0 Å². The SMILES string of the molecule is Cc1ncc(S(=O)(=O)Nc2cc(F)ccc2C(=O)O)[nH]1. The number of rotatable bonds is 4. The Morgan fingerprint density at radius 1 is 1.45 bits per heavy atom. The van der Waals surface area contributed by atoms with Crippen molar-refractivity contribution in [2.45, 2.75) is 11.9 Å². The Morgan fingerprint density at radius 2 is 2.15 bits per heavy atom. The summed E-state index contributed by atoms with van der Waals surface area (Å²) in [6, 6.07) is 2.71. The van der Waals surface area contributed by atoms with Crippen LogP contribution in [0.1, 0.15) is 16.2 Å². The smallest absolute Gasteiger partial charge is 0.337 e. The number of benzene rings is 1. The van der Waals surface area contributed by atoms with Crippen LogP contribution in [0, 0.1) is 12.7 Å². The molecular weight excluding hydrogens is 289 g/mol. The van der Waals surface area contributed by atoms with E-state index >= 15 is 0 Å². The second-order valence-corrected chi connectivity index (χ2v) is 5.58. The Kier molecular flexibility index (Phi) is 3.45. The number of imidazole rings is 1. The first-order valence-corrected chi connectivity index (χ1v) is 6.85. The maximum Gasteiger partial charge on any atom is 0.337 e. The molecule has 106 valence electrons. The van der Waals surface area contributed by atoms with Crippen molar-refractivity contribution in [3.63, 3.8) is 0 Å². The van der Waals surface area contributed by atoms with Crippen molar-refractivity contribution in [2.24, 2.45) is 0 Å². The van der Waals surface area contributed by atoms with Crippen molar-refractivity contribution >= 4 is 21.7 Å². The Balaban J connectivity index is 2.44. The molecular formula is C11H10FN3O4S. The highest BCUT2D eigenvalue weighted by Crippen LogP contribution is 2.21. The normalized spacial score (nSPS) is 11.3. The quantitative estimate of drug-likeness (QED) is 0.789. The molecule has 7 nitrogen and oxygen atoms in total. The number of carboxylic acids is 1. The zero-order chi connectivity index (χ0) is 14.9. The zero-order valence-corrected chi connectivity index (χ0v) is 11.0. The van der Waals surface area contributed by atoms with Crippen molar-refractivity contribution in [3.8, 4) is 0 Å². The number of nitrogens with zero attached hydrogens (tertiary/aromatic N) is 1. The maximum absolute atomic E-state index is 13.1. The number of carboxylic acid groups (broad SMARTS) is 1. The Morgan fingerprint density at radius 3 is 2.70 bits per heavy atom. The van der Waals surface area contributed by atoms with E-state index in [-0.39, 0.29) is 16.3 Å². The van der Waals surface area contributed by atoms with E-state index in [1.807, 2.05) is 4.72 Å². The number of sulfonamides is 1. The van der Waals surface area contributed by atoms with Crippen molar-refractivity contribution < 1.29 is 22.7 Å². The molecule has 0 radical (unpaired) electrons. The number of carbonyl (C=O) groups is 1. The van der Waals surface area contributed by atoms with Crippen LogP contribution in [0.4, 0.5) is 10.1 Å². The first-order valence-electron chi connectivity index (χ1n) is 5.37. The van der Waals surface area contributed by atoms with E-state index in [1.165, 1.54) is 0 Å². The van der Waals surface area contributed by atoms with Crippen LogP contribution in [0.3, 0.4) is 0 Å². The van der Waals surface area contributed by atoms with Gasteiger partial charge in [-0.2, -0.15) is 8.42 Å². The van der Waals surface area contributed by atoms with E-state index < -0.39 is 21.8 Å². The fourth-order valence-electron chi connectivity index (χ4n) is 1.52. The summed E-state index contributed by atoms with van der Waals surface area (Å²) >= 11 is 0. The standard InChI is InChI=1S/C11H10FN3O4S/c1-6-13-5-10(14-6)20(18,19)15-9-4-7(12)2-3-8(9)11(16)17/h2-5,15H,1H3,(H,13,14)(H,16,17). The van der Waals surface area contributed by atoms with Crippen LogP contribution in [0.25, 0.3) is 0 Å². The summed E-state index contributed by atoms with van der Waals surface area (Å²) in [6.45, 7) is 1.56. The van der Waals surface area contributed by atoms with Gasteiger partial charge in [-0.05, 0) is 25.1 Å². The van der Waals surface area contributed by atoms with Crippen LogP contribution in [0.5, 0.6) is 0 Å². The van der Waals surface area contributed by atoms with Gasteiger partial charge in [0, 0.05) is 0 Å². The van der Waals surface area contributed by atoms with Crippen molar-refractivity contribution in [3.05, 3.63) is 41.6 Å². The molecule has 0 aliphatic heterocycles. The molecule has 2 rings (SSSR count). The van der Waals surface area contributed by atoms with E-state index in [9.17, 15) is 17.6 Å². The fourth-order valence-corrected chi connectivity index (χ4v) is 2.56.